The number of rotatable bonds is 5. The van der Waals surface area contributed by atoms with Gasteiger partial charge in [-0.05, 0) is 18.7 Å². The van der Waals surface area contributed by atoms with Crippen molar-refractivity contribution in [2.45, 2.75) is 27.2 Å². The van der Waals surface area contributed by atoms with Crippen molar-refractivity contribution >= 4 is 13.6 Å². The Kier molecular flexibility index (Phi) is 6.54. The molecule has 66 valence electrons. The normalized spacial score (nSPS) is 10.2. The first-order valence-electron chi connectivity index (χ1n) is 4.17. The molecule has 0 aliphatic carbocycles. The van der Waals surface area contributed by atoms with Crippen molar-refractivity contribution in [3.8, 4) is 0 Å². The summed E-state index contributed by atoms with van der Waals surface area (Å²) in [5.74, 6) is 0. The van der Waals surface area contributed by atoms with Gasteiger partial charge in [-0.3, -0.25) is 0 Å². The average Bonchev–Trinajstić information content (AvgIpc) is 2.03. The van der Waals surface area contributed by atoms with Crippen LogP contribution in [0.3, 0.4) is 0 Å². The van der Waals surface area contributed by atoms with Gasteiger partial charge in [0.15, 0.2) is 0 Å². The Morgan fingerprint density at radius 2 is 1.82 bits per heavy atom. The molecule has 0 aliphatic heterocycles. The molecule has 0 saturated carbocycles. The Morgan fingerprint density at radius 3 is 2.18 bits per heavy atom. The predicted octanol–water partition coefficient (Wildman–Crippen LogP) is 3.05. The van der Waals surface area contributed by atoms with Crippen LogP contribution in [0.25, 0.3) is 0 Å². The molecule has 3 heteroatoms. The van der Waals surface area contributed by atoms with Crippen LogP contribution in [0, 0.1) is 0 Å². The Morgan fingerprint density at radius 1 is 1.27 bits per heavy atom. The highest BCUT2D eigenvalue weighted by molar-refractivity contribution is 7.74. The second kappa shape index (κ2) is 6.60. The molecule has 2 nitrogen and oxygen atoms in total. The second-order valence-electron chi connectivity index (χ2n) is 2.29. The molecule has 0 amide bonds. The van der Waals surface area contributed by atoms with E-state index in [9.17, 15) is 4.79 Å². The molecule has 0 rings (SSSR count). The van der Waals surface area contributed by atoms with Crippen LogP contribution in [0.2, 0.25) is 0 Å². The molecule has 0 fully saturated rings. The van der Waals surface area contributed by atoms with Crippen molar-refractivity contribution in [1.82, 2.24) is 0 Å². The molecule has 0 aliphatic rings. The van der Waals surface area contributed by atoms with E-state index >= 15 is 0 Å². The third-order valence-corrected chi connectivity index (χ3v) is 3.62. The fourth-order valence-corrected chi connectivity index (χ4v) is 2.00. The summed E-state index contributed by atoms with van der Waals surface area (Å²) < 4.78 is 5.02. The topological polar surface area (TPSA) is 26.3 Å². The Labute approximate surface area is 70.1 Å². The van der Waals surface area contributed by atoms with Crippen LogP contribution < -0.4 is 0 Å². The van der Waals surface area contributed by atoms with Gasteiger partial charge in [0.25, 0.3) is 0 Å². The molecule has 0 aromatic rings. The van der Waals surface area contributed by atoms with E-state index in [1.807, 2.05) is 20.8 Å². The molecular weight excluding hydrogens is 159 g/mol. The molecule has 0 spiro atoms. The third-order valence-electron chi connectivity index (χ3n) is 1.45. The van der Waals surface area contributed by atoms with E-state index in [-0.39, 0.29) is 5.71 Å². The zero-order valence-electron chi connectivity index (χ0n) is 7.59. The maximum absolute atomic E-state index is 11.2. The molecule has 0 unspecified atom stereocenters. The van der Waals surface area contributed by atoms with Gasteiger partial charge in [0.2, 0.25) is 0 Å². The van der Waals surface area contributed by atoms with Gasteiger partial charge in [-0.1, -0.05) is 20.8 Å². The second-order valence-corrected chi connectivity index (χ2v) is 5.00. The van der Waals surface area contributed by atoms with Gasteiger partial charge in [-0.15, -0.1) is 0 Å². The third kappa shape index (κ3) is 4.36. The van der Waals surface area contributed by atoms with Crippen molar-refractivity contribution in [3.05, 3.63) is 0 Å². The monoisotopic (exact) mass is 176 g/mol. The quantitative estimate of drug-likeness (QED) is 0.602. The van der Waals surface area contributed by atoms with Crippen molar-refractivity contribution in [2.24, 2.45) is 0 Å². The SMILES string of the molecule is CCCOC(=O)P(CC)CC. The van der Waals surface area contributed by atoms with Crippen molar-refractivity contribution in [2.75, 3.05) is 18.9 Å². The van der Waals surface area contributed by atoms with E-state index in [1.54, 1.807) is 0 Å². The average molecular weight is 176 g/mol. The fourth-order valence-electron chi connectivity index (χ4n) is 0.762. The van der Waals surface area contributed by atoms with Crippen molar-refractivity contribution in [3.63, 3.8) is 0 Å². The summed E-state index contributed by atoms with van der Waals surface area (Å²) in [6.45, 7) is 6.68. The summed E-state index contributed by atoms with van der Waals surface area (Å²) >= 11 is 0. The lowest BCUT2D eigenvalue weighted by molar-refractivity contribution is 0.174. The van der Waals surface area contributed by atoms with Crippen molar-refractivity contribution in [1.29, 1.82) is 0 Å². The fraction of sp³-hybridized carbons (Fsp3) is 0.875. The molecule has 11 heavy (non-hydrogen) atoms. The van der Waals surface area contributed by atoms with E-state index < -0.39 is 7.92 Å². The lowest BCUT2D eigenvalue weighted by atomic mass is 10.5. The van der Waals surface area contributed by atoms with Gasteiger partial charge in [-0.2, -0.15) is 0 Å². The minimum absolute atomic E-state index is 0.0341. The van der Waals surface area contributed by atoms with Gasteiger partial charge < -0.3 is 4.74 Å². The lowest BCUT2D eigenvalue weighted by Crippen LogP contribution is -2.03. The molecule has 0 heterocycles. The number of hydrogen-bond donors (Lipinski definition) is 0. The number of carbonyl (C=O) groups is 1. The smallest absolute Gasteiger partial charge is 0.326 e. The molecule has 0 bridgehead atoms. The first kappa shape index (κ1) is 10.9. The lowest BCUT2D eigenvalue weighted by Gasteiger charge is -2.10. The Hall–Kier alpha value is -0.100. The first-order chi connectivity index (χ1) is 5.26. The van der Waals surface area contributed by atoms with E-state index in [4.69, 9.17) is 4.74 Å². The molecule has 0 saturated heterocycles. The largest absolute Gasteiger partial charge is 0.463 e. The van der Waals surface area contributed by atoms with E-state index in [2.05, 4.69) is 0 Å². The van der Waals surface area contributed by atoms with Gasteiger partial charge in [0.1, 0.15) is 0 Å². The number of carbonyl (C=O) groups excluding carboxylic acids is 1. The van der Waals surface area contributed by atoms with Crippen LogP contribution in [-0.4, -0.2) is 24.6 Å². The van der Waals surface area contributed by atoms with Gasteiger partial charge in [-0.25, -0.2) is 4.79 Å². The van der Waals surface area contributed by atoms with Gasteiger partial charge >= 0.3 is 5.71 Å². The summed E-state index contributed by atoms with van der Waals surface area (Å²) in [7, 11) is -0.490. The predicted molar refractivity (Wildman–Crippen MR) is 49.6 cm³/mol. The summed E-state index contributed by atoms with van der Waals surface area (Å²) in [5.41, 5.74) is 0.0341. The van der Waals surface area contributed by atoms with Crippen LogP contribution in [-0.2, 0) is 4.74 Å². The highest BCUT2D eigenvalue weighted by Gasteiger charge is 2.13. The maximum atomic E-state index is 11.2. The van der Waals surface area contributed by atoms with Crippen LogP contribution in [0.4, 0.5) is 4.79 Å². The zero-order chi connectivity index (χ0) is 8.69. The van der Waals surface area contributed by atoms with Gasteiger partial charge in [0, 0.05) is 7.92 Å². The Bertz CT molecular complexity index is 111. The Balaban J connectivity index is 3.61. The molecular formula is C8H17O2P. The maximum Gasteiger partial charge on any atom is 0.326 e. The zero-order valence-corrected chi connectivity index (χ0v) is 8.49. The first-order valence-corrected chi connectivity index (χ1v) is 5.89. The van der Waals surface area contributed by atoms with E-state index in [0.29, 0.717) is 6.61 Å². The molecule has 0 radical (unpaired) electrons. The van der Waals surface area contributed by atoms with Crippen LogP contribution in [0.5, 0.6) is 0 Å². The van der Waals surface area contributed by atoms with E-state index in [0.717, 1.165) is 18.7 Å². The van der Waals surface area contributed by atoms with Crippen LogP contribution in [0.1, 0.15) is 27.2 Å². The van der Waals surface area contributed by atoms with Crippen LogP contribution in [0.15, 0.2) is 0 Å². The van der Waals surface area contributed by atoms with Gasteiger partial charge in [0.05, 0.1) is 6.61 Å². The highest BCUT2D eigenvalue weighted by atomic mass is 31.1. The molecule has 0 N–H and O–H groups in total. The van der Waals surface area contributed by atoms with E-state index in [1.165, 1.54) is 0 Å². The number of ether oxygens (including phenoxy) is 1. The summed E-state index contributed by atoms with van der Waals surface area (Å²) in [6.07, 6.45) is 2.82. The summed E-state index contributed by atoms with van der Waals surface area (Å²) in [5, 5.41) is 0. The molecule has 0 atom stereocenters. The van der Waals surface area contributed by atoms with Crippen LogP contribution >= 0.6 is 7.92 Å². The minimum atomic E-state index is -0.490. The highest BCUT2D eigenvalue weighted by Crippen LogP contribution is 2.36. The summed E-state index contributed by atoms with van der Waals surface area (Å²) in [4.78, 5) is 11.2. The standard InChI is InChI=1S/C8H17O2P/c1-4-7-10-8(9)11(5-2)6-3/h4-7H2,1-3H3. The minimum Gasteiger partial charge on any atom is -0.463 e. The molecule has 0 aromatic heterocycles. The summed E-state index contributed by atoms with van der Waals surface area (Å²) in [6, 6.07) is 0. The number of hydrogen-bond acceptors (Lipinski definition) is 2. The molecule has 0 aromatic carbocycles. The van der Waals surface area contributed by atoms with Crippen molar-refractivity contribution < 1.29 is 9.53 Å².